The van der Waals surface area contributed by atoms with Crippen molar-refractivity contribution in [2.24, 2.45) is 0 Å². The van der Waals surface area contributed by atoms with E-state index in [1.807, 2.05) is 24.3 Å². The van der Waals surface area contributed by atoms with Gasteiger partial charge in [0.1, 0.15) is 11.3 Å². The third-order valence-electron chi connectivity index (χ3n) is 5.68. The lowest BCUT2D eigenvalue weighted by atomic mass is 9.86. The van der Waals surface area contributed by atoms with Gasteiger partial charge in [-0.25, -0.2) is 4.98 Å². The van der Waals surface area contributed by atoms with Gasteiger partial charge in [0.15, 0.2) is 5.13 Å². The number of likely N-dealkylation sites (N-methyl/N-ethyl adjacent to an activating group) is 1. The van der Waals surface area contributed by atoms with Gasteiger partial charge >= 0.3 is 0 Å². The lowest BCUT2D eigenvalue weighted by molar-refractivity contribution is 0.0983. The van der Waals surface area contributed by atoms with Gasteiger partial charge < -0.3 is 9.64 Å². The SMILES string of the molecule is CCN(CC)CCN(C(=O)c1ccc(C(C)(C)C)cc1)c1nc2c(OC)ccc(Cl)c2s1.Cl. The van der Waals surface area contributed by atoms with Crippen molar-refractivity contribution in [1.29, 1.82) is 0 Å². The van der Waals surface area contributed by atoms with Crippen molar-refractivity contribution < 1.29 is 9.53 Å². The largest absolute Gasteiger partial charge is 0.494 e. The molecule has 0 aliphatic heterocycles. The zero-order chi connectivity index (χ0) is 23.5. The number of ether oxygens (including phenoxy) is 1. The minimum Gasteiger partial charge on any atom is -0.494 e. The Morgan fingerprint density at radius 3 is 2.24 bits per heavy atom. The Morgan fingerprint density at radius 1 is 1.06 bits per heavy atom. The van der Waals surface area contributed by atoms with E-state index in [9.17, 15) is 4.79 Å². The number of anilines is 1. The monoisotopic (exact) mass is 509 g/mol. The van der Waals surface area contributed by atoms with Crippen molar-refractivity contribution in [1.82, 2.24) is 9.88 Å². The number of nitrogens with zero attached hydrogens (tertiary/aromatic N) is 3. The number of thiazole rings is 1. The summed E-state index contributed by atoms with van der Waals surface area (Å²) in [7, 11) is 1.61. The minimum absolute atomic E-state index is 0. The smallest absolute Gasteiger partial charge is 0.260 e. The van der Waals surface area contributed by atoms with E-state index in [2.05, 4.69) is 39.5 Å². The number of hydrogen-bond donors (Lipinski definition) is 0. The molecule has 3 rings (SSSR count). The molecular weight excluding hydrogens is 477 g/mol. The second kappa shape index (κ2) is 11.5. The molecule has 1 amide bonds. The molecule has 1 heterocycles. The van der Waals surface area contributed by atoms with Crippen LogP contribution < -0.4 is 9.64 Å². The highest BCUT2D eigenvalue weighted by Crippen LogP contribution is 2.39. The average molecular weight is 511 g/mol. The third kappa shape index (κ3) is 6.18. The number of rotatable bonds is 8. The van der Waals surface area contributed by atoms with Crippen LogP contribution in [0, 0.1) is 0 Å². The van der Waals surface area contributed by atoms with Gasteiger partial charge in [-0.05, 0) is 48.3 Å². The van der Waals surface area contributed by atoms with Crippen molar-refractivity contribution in [3.05, 3.63) is 52.5 Å². The van der Waals surface area contributed by atoms with Gasteiger partial charge in [-0.1, -0.05) is 69.7 Å². The zero-order valence-electron chi connectivity index (χ0n) is 20.1. The Bertz CT molecular complexity index is 1070. The molecule has 33 heavy (non-hydrogen) atoms. The second-order valence-electron chi connectivity index (χ2n) is 8.73. The number of aromatic nitrogens is 1. The third-order valence-corrected chi connectivity index (χ3v) is 7.21. The van der Waals surface area contributed by atoms with E-state index in [4.69, 9.17) is 21.3 Å². The Labute approximate surface area is 212 Å². The van der Waals surface area contributed by atoms with Crippen molar-refractivity contribution >= 4 is 56.6 Å². The predicted molar refractivity (Wildman–Crippen MR) is 143 cm³/mol. The summed E-state index contributed by atoms with van der Waals surface area (Å²) < 4.78 is 6.30. The van der Waals surface area contributed by atoms with Crippen molar-refractivity contribution in [2.45, 2.75) is 40.0 Å². The molecule has 0 spiro atoms. The van der Waals surface area contributed by atoms with Gasteiger partial charge in [-0.15, -0.1) is 12.4 Å². The van der Waals surface area contributed by atoms with Crippen molar-refractivity contribution in [3.8, 4) is 5.75 Å². The number of hydrogen-bond acceptors (Lipinski definition) is 5. The number of fused-ring (bicyclic) bond motifs is 1. The molecule has 0 aliphatic carbocycles. The molecule has 5 nitrogen and oxygen atoms in total. The summed E-state index contributed by atoms with van der Waals surface area (Å²) in [5.41, 5.74) is 2.56. The highest BCUT2D eigenvalue weighted by Gasteiger charge is 2.24. The maximum Gasteiger partial charge on any atom is 0.260 e. The Hall–Kier alpha value is -1.86. The average Bonchev–Trinajstić information content (AvgIpc) is 3.22. The van der Waals surface area contributed by atoms with E-state index in [1.165, 1.54) is 16.9 Å². The fourth-order valence-electron chi connectivity index (χ4n) is 3.56. The number of halogens is 2. The topological polar surface area (TPSA) is 45.7 Å². The first-order valence-electron chi connectivity index (χ1n) is 11.0. The van der Waals surface area contributed by atoms with E-state index in [0.717, 1.165) is 24.3 Å². The number of amides is 1. The van der Waals surface area contributed by atoms with Crippen LogP contribution in [0.15, 0.2) is 36.4 Å². The van der Waals surface area contributed by atoms with Crippen LogP contribution in [0.2, 0.25) is 5.02 Å². The van der Waals surface area contributed by atoms with Gasteiger partial charge in [0.25, 0.3) is 5.91 Å². The van der Waals surface area contributed by atoms with Crippen LogP contribution in [0.4, 0.5) is 5.13 Å². The molecule has 2 aromatic carbocycles. The van der Waals surface area contributed by atoms with Crippen LogP contribution in [0.3, 0.4) is 0 Å². The Kier molecular flexibility index (Phi) is 9.56. The molecule has 0 unspecified atom stereocenters. The molecule has 3 aromatic rings. The Balaban J connectivity index is 0.00000385. The fraction of sp³-hybridized carbons (Fsp3) is 0.440. The number of carbonyl (C=O) groups is 1. The van der Waals surface area contributed by atoms with Gasteiger partial charge in [-0.2, -0.15) is 0 Å². The number of benzene rings is 2. The highest BCUT2D eigenvalue weighted by atomic mass is 35.5. The molecule has 0 fully saturated rings. The molecule has 0 saturated carbocycles. The summed E-state index contributed by atoms with van der Waals surface area (Å²) in [6.45, 7) is 13.9. The van der Waals surface area contributed by atoms with Crippen molar-refractivity contribution in [2.75, 3.05) is 38.2 Å². The van der Waals surface area contributed by atoms with Crippen LogP contribution in [0.25, 0.3) is 10.2 Å². The molecule has 1 aromatic heterocycles. The summed E-state index contributed by atoms with van der Waals surface area (Å²) in [6, 6.07) is 11.5. The van der Waals surface area contributed by atoms with Crippen LogP contribution in [-0.2, 0) is 5.41 Å². The Morgan fingerprint density at radius 2 is 1.70 bits per heavy atom. The maximum absolute atomic E-state index is 13.6. The predicted octanol–water partition coefficient (Wildman–Crippen LogP) is 6.67. The normalized spacial score (nSPS) is 11.5. The number of carbonyl (C=O) groups excluding carboxylic acids is 1. The van der Waals surface area contributed by atoms with Crippen LogP contribution >= 0.6 is 35.3 Å². The summed E-state index contributed by atoms with van der Waals surface area (Å²) >= 11 is 7.86. The molecule has 0 N–H and O–H groups in total. The first-order valence-corrected chi connectivity index (χ1v) is 12.2. The zero-order valence-corrected chi connectivity index (χ0v) is 22.5. The summed E-state index contributed by atoms with van der Waals surface area (Å²) in [5, 5.41) is 1.23. The van der Waals surface area contributed by atoms with E-state index in [-0.39, 0.29) is 23.7 Å². The summed E-state index contributed by atoms with van der Waals surface area (Å²) in [4.78, 5) is 22.5. The molecule has 0 atom stereocenters. The van der Waals surface area contributed by atoms with E-state index < -0.39 is 0 Å². The molecular formula is C25H33Cl2N3O2S. The first-order chi connectivity index (χ1) is 15.2. The standard InChI is InChI=1S/C25H32ClN3O2S.ClH/c1-7-28(8-2)15-16-29(23(30)17-9-11-18(12-10-17)25(3,4)5)24-27-21-20(31-6)14-13-19(26)22(21)32-24;/h9-14H,7-8,15-16H2,1-6H3;1H. The van der Waals surface area contributed by atoms with Gasteiger partial charge in [-0.3, -0.25) is 9.69 Å². The van der Waals surface area contributed by atoms with Gasteiger partial charge in [0.05, 0.1) is 16.8 Å². The van der Waals surface area contributed by atoms with Crippen LogP contribution in [-0.4, -0.2) is 49.1 Å². The lowest BCUT2D eigenvalue weighted by Crippen LogP contribution is -2.38. The molecule has 0 saturated heterocycles. The van der Waals surface area contributed by atoms with Crippen LogP contribution in [0.5, 0.6) is 5.75 Å². The summed E-state index contributed by atoms with van der Waals surface area (Å²) in [5.74, 6) is 0.587. The number of methoxy groups -OCH3 is 1. The maximum atomic E-state index is 13.6. The molecule has 0 radical (unpaired) electrons. The molecule has 180 valence electrons. The molecule has 8 heteroatoms. The van der Waals surface area contributed by atoms with Crippen LogP contribution in [0.1, 0.15) is 50.5 Å². The van der Waals surface area contributed by atoms with Crippen molar-refractivity contribution in [3.63, 3.8) is 0 Å². The van der Waals surface area contributed by atoms with Gasteiger partial charge in [0, 0.05) is 18.7 Å². The molecule has 0 bridgehead atoms. The van der Waals surface area contributed by atoms with E-state index >= 15 is 0 Å². The quantitative estimate of drug-likeness (QED) is 0.340. The second-order valence-corrected chi connectivity index (χ2v) is 10.1. The first kappa shape index (κ1) is 27.4. The van der Waals surface area contributed by atoms with E-state index in [0.29, 0.717) is 33.5 Å². The summed E-state index contributed by atoms with van der Waals surface area (Å²) in [6.07, 6.45) is 0. The lowest BCUT2D eigenvalue weighted by Gasteiger charge is -2.25. The van der Waals surface area contributed by atoms with E-state index in [1.54, 1.807) is 24.1 Å². The highest BCUT2D eigenvalue weighted by molar-refractivity contribution is 7.23. The fourth-order valence-corrected chi connectivity index (χ4v) is 4.84. The minimum atomic E-state index is -0.0632. The van der Waals surface area contributed by atoms with Gasteiger partial charge in [0.2, 0.25) is 0 Å². The molecule has 0 aliphatic rings.